The number of halogens is 1. The van der Waals surface area contributed by atoms with Crippen LogP contribution in [0.5, 0.6) is 0 Å². The Labute approximate surface area is 168 Å². The maximum absolute atomic E-state index is 10.4. The molecule has 2 rings (SSSR count). The van der Waals surface area contributed by atoms with Crippen LogP contribution in [0.1, 0.15) is 46.0 Å². The van der Waals surface area contributed by atoms with E-state index in [1.165, 1.54) is 25.8 Å². The van der Waals surface area contributed by atoms with Gasteiger partial charge in [0.25, 0.3) is 0 Å². The second-order valence-electron chi connectivity index (χ2n) is 6.88. The Morgan fingerprint density at radius 2 is 2.21 bits per heavy atom. The molecule has 3 N–H and O–H groups in total. The molecule has 2 fully saturated rings. The van der Waals surface area contributed by atoms with Crippen LogP contribution in [0.3, 0.4) is 0 Å². The number of hydrogen-bond donors (Lipinski definition) is 3. The summed E-state index contributed by atoms with van der Waals surface area (Å²) in [7, 11) is 0. The molecule has 24 heavy (non-hydrogen) atoms. The first-order valence-electron chi connectivity index (χ1n) is 9.19. The number of nitrogens with one attached hydrogen (secondary N) is 2. The Kier molecular flexibility index (Phi) is 11.0. The maximum Gasteiger partial charge on any atom is 0.191 e. The zero-order valence-electron chi connectivity index (χ0n) is 15.2. The molecule has 0 radical (unpaired) electrons. The number of nitrogens with zero attached hydrogens (tertiary/aromatic N) is 2. The molecule has 0 aromatic carbocycles. The van der Waals surface area contributed by atoms with Gasteiger partial charge in [-0.1, -0.05) is 6.42 Å². The minimum Gasteiger partial charge on any atom is -0.387 e. The molecule has 2 unspecified atom stereocenters. The van der Waals surface area contributed by atoms with Gasteiger partial charge in [0.2, 0.25) is 0 Å². The normalized spacial score (nSPS) is 28.5. The fourth-order valence-corrected chi connectivity index (χ4v) is 4.55. The van der Waals surface area contributed by atoms with Crippen molar-refractivity contribution in [3.63, 3.8) is 0 Å². The van der Waals surface area contributed by atoms with Crippen LogP contribution in [0.15, 0.2) is 4.99 Å². The van der Waals surface area contributed by atoms with E-state index in [2.05, 4.69) is 34.4 Å². The monoisotopic (exact) mass is 470 g/mol. The number of likely N-dealkylation sites (tertiary alicyclic amines) is 1. The number of aliphatic imine (C=N–C) groups is 1. The van der Waals surface area contributed by atoms with E-state index in [0.29, 0.717) is 6.54 Å². The SMILES string of the molecule is CCNC(=NCC1(O)CCSC1)NCCCN1CCCCC1C.I. The Bertz CT molecular complexity index is 378. The van der Waals surface area contributed by atoms with Crippen LogP contribution in [0.25, 0.3) is 0 Å². The summed E-state index contributed by atoms with van der Waals surface area (Å²) in [6.07, 6.45) is 6.06. The number of rotatable bonds is 7. The van der Waals surface area contributed by atoms with Gasteiger partial charge in [-0.3, -0.25) is 4.99 Å². The summed E-state index contributed by atoms with van der Waals surface area (Å²) < 4.78 is 0. The Morgan fingerprint density at radius 3 is 2.88 bits per heavy atom. The molecule has 0 aromatic heterocycles. The molecule has 142 valence electrons. The first kappa shape index (κ1) is 22.3. The molecule has 2 saturated heterocycles. The molecule has 0 saturated carbocycles. The highest BCUT2D eigenvalue weighted by Crippen LogP contribution is 2.27. The maximum atomic E-state index is 10.4. The molecule has 7 heteroatoms. The average Bonchev–Trinajstić information content (AvgIpc) is 2.98. The molecular formula is C17H35IN4OS. The molecule has 2 aliphatic rings. The predicted octanol–water partition coefficient (Wildman–Crippen LogP) is 2.29. The van der Waals surface area contributed by atoms with Crippen LogP contribution in [0, 0.1) is 0 Å². The third-order valence-corrected chi connectivity index (χ3v) is 6.05. The topological polar surface area (TPSA) is 59.9 Å². The number of thioether (sulfide) groups is 1. The minimum atomic E-state index is -0.601. The van der Waals surface area contributed by atoms with Crippen LogP contribution in [-0.2, 0) is 0 Å². The van der Waals surface area contributed by atoms with Crippen LogP contribution in [0.4, 0.5) is 0 Å². The van der Waals surface area contributed by atoms with Crippen molar-refractivity contribution in [2.45, 2.75) is 57.6 Å². The molecule has 2 atom stereocenters. The van der Waals surface area contributed by atoms with Crippen molar-refractivity contribution in [2.24, 2.45) is 4.99 Å². The summed E-state index contributed by atoms with van der Waals surface area (Å²) in [5.41, 5.74) is -0.601. The third kappa shape index (κ3) is 7.66. The minimum absolute atomic E-state index is 0. The molecule has 2 heterocycles. The van der Waals surface area contributed by atoms with E-state index < -0.39 is 5.60 Å². The molecule has 0 bridgehead atoms. The van der Waals surface area contributed by atoms with E-state index in [-0.39, 0.29) is 24.0 Å². The van der Waals surface area contributed by atoms with Gasteiger partial charge >= 0.3 is 0 Å². The van der Waals surface area contributed by atoms with Crippen LogP contribution >= 0.6 is 35.7 Å². The van der Waals surface area contributed by atoms with Crippen molar-refractivity contribution < 1.29 is 5.11 Å². The van der Waals surface area contributed by atoms with E-state index in [9.17, 15) is 5.11 Å². The lowest BCUT2D eigenvalue weighted by Crippen LogP contribution is -2.42. The Hall–Kier alpha value is 0.270. The van der Waals surface area contributed by atoms with Crippen LogP contribution in [-0.4, -0.2) is 71.8 Å². The van der Waals surface area contributed by atoms with E-state index in [0.717, 1.165) is 56.0 Å². The van der Waals surface area contributed by atoms with Gasteiger partial charge in [-0.15, -0.1) is 24.0 Å². The molecule has 5 nitrogen and oxygen atoms in total. The van der Waals surface area contributed by atoms with Gasteiger partial charge in [0.05, 0.1) is 12.1 Å². The van der Waals surface area contributed by atoms with Crippen molar-refractivity contribution >= 4 is 41.7 Å². The number of hydrogen-bond acceptors (Lipinski definition) is 4. The lowest BCUT2D eigenvalue weighted by atomic mass is 10.0. The third-order valence-electron chi connectivity index (χ3n) is 4.81. The summed E-state index contributed by atoms with van der Waals surface area (Å²) in [5, 5.41) is 17.1. The van der Waals surface area contributed by atoms with Crippen LogP contribution < -0.4 is 10.6 Å². The summed E-state index contributed by atoms with van der Waals surface area (Å²) in [6.45, 7) is 9.11. The fourth-order valence-electron chi connectivity index (χ4n) is 3.27. The van der Waals surface area contributed by atoms with Crippen molar-refractivity contribution in [1.82, 2.24) is 15.5 Å². The Balaban J connectivity index is 0.00000288. The smallest absolute Gasteiger partial charge is 0.191 e. The van der Waals surface area contributed by atoms with Crippen molar-refractivity contribution in [2.75, 3.05) is 44.2 Å². The van der Waals surface area contributed by atoms with Gasteiger partial charge in [0.15, 0.2) is 5.96 Å². The first-order valence-corrected chi connectivity index (χ1v) is 10.3. The van der Waals surface area contributed by atoms with E-state index in [1.54, 1.807) is 0 Å². The second-order valence-corrected chi connectivity index (χ2v) is 7.99. The number of piperidine rings is 1. The zero-order chi connectivity index (χ0) is 16.5. The fraction of sp³-hybridized carbons (Fsp3) is 0.941. The van der Waals surface area contributed by atoms with Gasteiger partial charge in [-0.25, -0.2) is 0 Å². The van der Waals surface area contributed by atoms with Gasteiger partial charge in [0, 0.05) is 31.4 Å². The van der Waals surface area contributed by atoms with Gasteiger partial charge in [0.1, 0.15) is 0 Å². The largest absolute Gasteiger partial charge is 0.387 e. The average molecular weight is 470 g/mol. The summed E-state index contributed by atoms with van der Waals surface area (Å²) in [6, 6.07) is 0.736. The van der Waals surface area contributed by atoms with Gasteiger partial charge in [-0.2, -0.15) is 11.8 Å². The van der Waals surface area contributed by atoms with Crippen LogP contribution in [0.2, 0.25) is 0 Å². The van der Waals surface area contributed by atoms with Crippen molar-refractivity contribution in [3.05, 3.63) is 0 Å². The van der Waals surface area contributed by atoms with E-state index >= 15 is 0 Å². The number of guanidine groups is 1. The Morgan fingerprint density at radius 1 is 1.38 bits per heavy atom. The summed E-state index contributed by atoms with van der Waals surface area (Å²) in [4.78, 5) is 7.19. The highest BCUT2D eigenvalue weighted by Gasteiger charge is 2.31. The first-order chi connectivity index (χ1) is 11.1. The molecule has 0 aromatic rings. The molecule has 0 aliphatic carbocycles. The molecule has 0 spiro atoms. The van der Waals surface area contributed by atoms with E-state index in [1.807, 2.05) is 11.8 Å². The van der Waals surface area contributed by atoms with Crippen molar-refractivity contribution in [1.29, 1.82) is 0 Å². The lowest BCUT2D eigenvalue weighted by molar-refractivity contribution is 0.0778. The quantitative estimate of drug-likeness (QED) is 0.231. The van der Waals surface area contributed by atoms with Gasteiger partial charge in [-0.05, 0) is 51.8 Å². The standard InChI is InChI=1S/C17H34N4OS.HI/c1-3-18-16(20-13-17(22)8-12-23-14-17)19-9-6-11-21-10-5-4-7-15(21)2;/h15,22H,3-14H2,1-2H3,(H2,18,19,20);1H. The zero-order valence-corrected chi connectivity index (χ0v) is 18.4. The predicted molar refractivity (Wildman–Crippen MR) is 116 cm³/mol. The highest BCUT2D eigenvalue weighted by molar-refractivity contribution is 14.0. The molecule has 0 amide bonds. The lowest BCUT2D eigenvalue weighted by Gasteiger charge is -2.33. The molecule has 2 aliphatic heterocycles. The van der Waals surface area contributed by atoms with Gasteiger partial charge < -0.3 is 20.6 Å². The summed E-state index contributed by atoms with van der Waals surface area (Å²) in [5.74, 6) is 2.69. The van der Waals surface area contributed by atoms with Crippen molar-refractivity contribution in [3.8, 4) is 0 Å². The highest BCUT2D eigenvalue weighted by atomic mass is 127. The number of aliphatic hydroxyl groups is 1. The second kappa shape index (κ2) is 11.8. The molecular weight excluding hydrogens is 435 g/mol. The van der Waals surface area contributed by atoms with E-state index in [4.69, 9.17) is 0 Å². The summed E-state index contributed by atoms with van der Waals surface area (Å²) >= 11 is 1.82.